The standard InChI is InChI=1S/C14H21NO3/c1-10(2)15-14(4,13(16)17)9-18-12-8-6-5-7-11(12)3/h5-8,10,15H,9H2,1-4H3,(H,16,17). The lowest BCUT2D eigenvalue weighted by molar-refractivity contribution is -0.145. The summed E-state index contributed by atoms with van der Waals surface area (Å²) in [6.45, 7) is 7.48. The number of benzene rings is 1. The molecule has 0 aliphatic carbocycles. The van der Waals surface area contributed by atoms with Crippen molar-refractivity contribution in [2.24, 2.45) is 0 Å². The van der Waals surface area contributed by atoms with Crippen molar-refractivity contribution < 1.29 is 14.6 Å². The average molecular weight is 251 g/mol. The molecule has 1 aromatic carbocycles. The van der Waals surface area contributed by atoms with Gasteiger partial charge in [-0.25, -0.2) is 0 Å². The highest BCUT2D eigenvalue weighted by Crippen LogP contribution is 2.18. The molecule has 0 bridgehead atoms. The van der Waals surface area contributed by atoms with E-state index in [1.54, 1.807) is 6.92 Å². The summed E-state index contributed by atoms with van der Waals surface area (Å²) in [6.07, 6.45) is 0. The normalized spacial score (nSPS) is 14.3. The van der Waals surface area contributed by atoms with Gasteiger partial charge >= 0.3 is 5.97 Å². The van der Waals surface area contributed by atoms with E-state index < -0.39 is 11.5 Å². The van der Waals surface area contributed by atoms with Crippen LogP contribution in [0.4, 0.5) is 0 Å². The third-order valence-electron chi connectivity index (χ3n) is 2.69. The van der Waals surface area contributed by atoms with Crippen LogP contribution in [0.5, 0.6) is 5.75 Å². The molecule has 1 atom stereocenters. The minimum atomic E-state index is -1.09. The molecule has 2 N–H and O–H groups in total. The number of carboxylic acids is 1. The highest BCUT2D eigenvalue weighted by molar-refractivity contribution is 5.78. The predicted octanol–water partition coefficient (Wildman–Crippen LogP) is 2.22. The van der Waals surface area contributed by atoms with Crippen molar-refractivity contribution in [2.75, 3.05) is 6.61 Å². The van der Waals surface area contributed by atoms with Gasteiger partial charge in [0.05, 0.1) is 0 Å². The van der Waals surface area contributed by atoms with Gasteiger partial charge < -0.3 is 9.84 Å². The van der Waals surface area contributed by atoms with E-state index in [4.69, 9.17) is 4.74 Å². The minimum absolute atomic E-state index is 0.0755. The molecule has 0 saturated heterocycles. The summed E-state index contributed by atoms with van der Waals surface area (Å²) in [6, 6.07) is 7.64. The number of hydrogen-bond acceptors (Lipinski definition) is 3. The molecular formula is C14H21NO3. The maximum Gasteiger partial charge on any atom is 0.327 e. The Balaban J connectivity index is 2.75. The third-order valence-corrected chi connectivity index (χ3v) is 2.69. The summed E-state index contributed by atoms with van der Waals surface area (Å²) in [5, 5.41) is 12.3. The van der Waals surface area contributed by atoms with Crippen LogP contribution in [0.25, 0.3) is 0 Å². The van der Waals surface area contributed by atoms with Crippen molar-refractivity contribution in [1.82, 2.24) is 5.32 Å². The Morgan fingerprint density at radius 2 is 2.06 bits per heavy atom. The van der Waals surface area contributed by atoms with E-state index in [1.807, 2.05) is 45.0 Å². The molecule has 0 radical (unpaired) electrons. The van der Waals surface area contributed by atoms with Gasteiger partial charge in [0.25, 0.3) is 0 Å². The number of rotatable bonds is 6. The van der Waals surface area contributed by atoms with E-state index >= 15 is 0 Å². The largest absolute Gasteiger partial charge is 0.491 e. The number of hydrogen-bond donors (Lipinski definition) is 2. The maximum atomic E-state index is 11.3. The van der Waals surface area contributed by atoms with Crippen LogP contribution in [-0.2, 0) is 4.79 Å². The Bertz CT molecular complexity index is 417. The van der Waals surface area contributed by atoms with Crippen molar-refractivity contribution in [3.63, 3.8) is 0 Å². The quantitative estimate of drug-likeness (QED) is 0.814. The monoisotopic (exact) mass is 251 g/mol. The van der Waals surface area contributed by atoms with Crippen molar-refractivity contribution in [3.8, 4) is 5.75 Å². The SMILES string of the molecule is Cc1ccccc1OCC(C)(NC(C)C)C(=O)O. The van der Waals surface area contributed by atoms with Crippen LogP contribution >= 0.6 is 0 Å². The highest BCUT2D eigenvalue weighted by Gasteiger charge is 2.34. The van der Waals surface area contributed by atoms with E-state index in [-0.39, 0.29) is 12.6 Å². The first-order chi connectivity index (χ1) is 8.35. The Morgan fingerprint density at radius 3 is 2.56 bits per heavy atom. The Morgan fingerprint density at radius 1 is 1.44 bits per heavy atom. The van der Waals surface area contributed by atoms with Crippen molar-refractivity contribution >= 4 is 5.97 Å². The second-order valence-corrected chi connectivity index (χ2v) is 4.99. The average Bonchev–Trinajstić information content (AvgIpc) is 2.27. The second kappa shape index (κ2) is 5.87. The molecule has 0 aliphatic rings. The zero-order chi connectivity index (χ0) is 13.8. The fraction of sp³-hybridized carbons (Fsp3) is 0.500. The van der Waals surface area contributed by atoms with Crippen molar-refractivity contribution in [2.45, 2.75) is 39.3 Å². The summed E-state index contributed by atoms with van der Waals surface area (Å²) < 4.78 is 5.62. The number of aliphatic carboxylic acids is 1. The number of ether oxygens (including phenoxy) is 1. The molecule has 0 aromatic heterocycles. The number of carboxylic acid groups (broad SMARTS) is 1. The minimum Gasteiger partial charge on any atom is -0.491 e. The summed E-state index contributed by atoms with van der Waals surface area (Å²) >= 11 is 0. The first kappa shape index (κ1) is 14.5. The van der Waals surface area contributed by atoms with Gasteiger partial charge in [0.15, 0.2) is 0 Å². The molecule has 100 valence electrons. The molecule has 0 aliphatic heterocycles. The molecule has 0 heterocycles. The molecule has 1 rings (SSSR count). The smallest absolute Gasteiger partial charge is 0.327 e. The Labute approximate surface area is 108 Å². The number of carbonyl (C=O) groups is 1. The first-order valence-electron chi connectivity index (χ1n) is 6.04. The zero-order valence-electron chi connectivity index (χ0n) is 11.4. The molecule has 1 aromatic rings. The van der Waals surface area contributed by atoms with Crippen LogP contribution in [0.1, 0.15) is 26.3 Å². The van der Waals surface area contributed by atoms with Gasteiger partial charge in [-0.05, 0) is 39.3 Å². The van der Waals surface area contributed by atoms with E-state index in [9.17, 15) is 9.90 Å². The van der Waals surface area contributed by atoms with Crippen LogP contribution in [-0.4, -0.2) is 29.3 Å². The van der Waals surface area contributed by atoms with Crippen molar-refractivity contribution in [1.29, 1.82) is 0 Å². The van der Waals surface area contributed by atoms with Gasteiger partial charge in [-0.2, -0.15) is 0 Å². The topological polar surface area (TPSA) is 58.6 Å². The van der Waals surface area contributed by atoms with E-state index in [1.165, 1.54) is 0 Å². The maximum absolute atomic E-state index is 11.3. The van der Waals surface area contributed by atoms with E-state index in [0.717, 1.165) is 11.3 Å². The van der Waals surface area contributed by atoms with Crippen molar-refractivity contribution in [3.05, 3.63) is 29.8 Å². The van der Waals surface area contributed by atoms with Gasteiger partial charge in [-0.3, -0.25) is 10.1 Å². The third kappa shape index (κ3) is 3.74. The van der Waals surface area contributed by atoms with Gasteiger partial charge in [-0.15, -0.1) is 0 Å². The molecule has 1 unspecified atom stereocenters. The molecule has 0 amide bonds. The summed E-state index contributed by atoms with van der Waals surface area (Å²) in [5.74, 6) is -0.194. The van der Waals surface area contributed by atoms with Crippen LogP contribution in [0.3, 0.4) is 0 Å². The Kier molecular flexibility index (Phi) is 4.73. The highest BCUT2D eigenvalue weighted by atomic mass is 16.5. The van der Waals surface area contributed by atoms with Gasteiger partial charge in [-0.1, -0.05) is 18.2 Å². The lowest BCUT2D eigenvalue weighted by Gasteiger charge is -2.28. The van der Waals surface area contributed by atoms with Crippen LogP contribution in [0.2, 0.25) is 0 Å². The lowest BCUT2D eigenvalue weighted by Crippen LogP contribution is -2.56. The zero-order valence-corrected chi connectivity index (χ0v) is 11.4. The van der Waals surface area contributed by atoms with Crippen LogP contribution < -0.4 is 10.1 Å². The van der Waals surface area contributed by atoms with Crippen LogP contribution in [0.15, 0.2) is 24.3 Å². The molecule has 18 heavy (non-hydrogen) atoms. The van der Waals surface area contributed by atoms with Gasteiger partial charge in [0.2, 0.25) is 0 Å². The number of nitrogens with one attached hydrogen (secondary N) is 1. The summed E-state index contributed by atoms with van der Waals surface area (Å²) in [4.78, 5) is 11.3. The summed E-state index contributed by atoms with van der Waals surface area (Å²) in [5.41, 5.74) is -0.0917. The van der Waals surface area contributed by atoms with Crippen LogP contribution in [0, 0.1) is 6.92 Å². The molecule has 4 heteroatoms. The molecular weight excluding hydrogens is 230 g/mol. The molecule has 0 spiro atoms. The lowest BCUT2D eigenvalue weighted by atomic mass is 10.0. The molecule has 4 nitrogen and oxygen atoms in total. The first-order valence-corrected chi connectivity index (χ1v) is 6.04. The van der Waals surface area contributed by atoms with Gasteiger partial charge in [0, 0.05) is 6.04 Å². The predicted molar refractivity (Wildman–Crippen MR) is 71.0 cm³/mol. The van der Waals surface area contributed by atoms with E-state index in [0.29, 0.717) is 0 Å². The number of aryl methyl sites for hydroxylation is 1. The fourth-order valence-corrected chi connectivity index (χ4v) is 1.74. The fourth-order valence-electron chi connectivity index (χ4n) is 1.74. The Hall–Kier alpha value is -1.55. The summed E-state index contributed by atoms with van der Waals surface area (Å²) in [7, 11) is 0. The molecule has 0 fully saturated rings. The number of para-hydroxylation sites is 1. The molecule has 0 saturated carbocycles. The van der Waals surface area contributed by atoms with Gasteiger partial charge in [0.1, 0.15) is 17.9 Å². The van der Waals surface area contributed by atoms with E-state index in [2.05, 4.69) is 5.32 Å². The second-order valence-electron chi connectivity index (χ2n) is 4.99.